The molecule has 0 saturated heterocycles. The van der Waals surface area contributed by atoms with Crippen LogP contribution in [0.3, 0.4) is 0 Å². The molecule has 58 valence electrons. The Kier molecular flexibility index (Phi) is 7.97. The van der Waals surface area contributed by atoms with Crippen LogP contribution in [-0.2, 0) is 0 Å². The maximum Gasteiger partial charge on any atom is 0.0433 e. The van der Waals surface area contributed by atoms with Crippen molar-refractivity contribution in [1.29, 1.82) is 0 Å². The molecule has 0 atom stereocenters. The van der Waals surface area contributed by atoms with Crippen molar-refractivity contribution in [2.45, 2.75) is 26.2 Å². The van der Waals surface area contributed by atoms with E-state index in [1.54, 1.807) is 0 Å². The van der Waals surface area contributed by atoms with Crippen LogP contribution in [-0.4, -0.2) is 11.7 Å². The van der Waals surface area contributed by atoms with Gasteiger partial charge in [0, 0.05) is 6.61 Å². The van der Waals surface area contributed by atoms with Crippen LogP contribution in [0, 0.1) is 0 Å². The van der Waals surface area contributed by atoms with E-state index in [1.807, 2.05) is 12.2 Å². The highest BCUT2D eigenvalue weighted by Crippen LogP contribution is 1.89. The summed E-state index contributed by atoms with van der Waals surface area (Å²) < 4.78 is 0. The van der Waals surface area contributed by atoms with Gasteiger partial charge in [-0.2, -0.15) is 0 Å². The normalized spacial score (nSPS) is 11.8. The van der Waals surface area contributed by atoms with E-state index < -0.39 is 0 Å². The summed E-state index contributed by atoms with van der Waals surface area (Å²) in [6, 6.07) is 0. The van der Waals surface area contributed by atoms with Gasteiger partial charge >= 0.3 is 0 Å². The molecule has 1 N–H and O–H groups in total. The van der Waals surface area contributed by atoms with Crippen LogP contribution < -0.4 is 0 Å². The Morgan fingerprint density at radius 3 is 2.50 bits per heavy atom. The van der Waals surface area contributed by atoms with Crippen LogP contribution in [0.15, 0.2) is 24.3 Å². The summed E-state index contributed by atoms with van der Waals surface area (Å²) in [4.78, 5) is 0. The van der Waals surface area contributed by atoms with Crippen LogP contribution in [0.2, 0.25) is 0 Å². The molecular weight excluding hydrogens is 124 g/mol. The molecular formula is C9H16O. The van der Waals surface area contributed by atoms with Crippen molar-refractivity contribution in [1.82, 2.24) is 0 Å². The Balaban J connectivity index is 3.11. The molecule has 0 aromatic carbocycles. The van der Waals surface area contributed by atoms with Gasteiger partial charge in [-0.25, -0.2) is 0 Å². The van der Waals surface area contributed by atoms with Crippen LogP contribution >= 0.6 is 0 Å². The lowest BCUT2D eigenvalue weighted by molar-refractivity contribution is 0.289. The third-order valence-electron chi connectivity index (χ3n) is 1.15. The molecule has 0 aliphatic carbocycles. The number of aliphatic hydroxyl groups is 1. The molecule has 1 nitrogen and oxygen atoms in total. The minimum atomic E-state index is 0.293. The third-order valence-corrected chi connectivity index (χ3v) is 1.15. The summed E-state index contributed by atoms with van der Waals surface area (Å²) in [6.45, 7) is 2.40. The van der Waals surface area contributed by atoms with Crippen molar-refractivity contribution >= 4 is 0 Å². The number of hydrogen-bond acceptors (Lipinski definition) is 1. The molecule has 10 heavy (non-hydrogen) atoms. The molecule has 0 aliphatic rings. The van der Waals surface area contributed by atoms with E-state index in [2.05, 4.69) is 19.1 Å². The van der Waals surface area contributed by atoms with Gasteiger partial charge in [-0.05, 0) is 19.3 Å². The van der Waals surface area contributed by atoms with Crippen molar-refractivity contribution in [2.75, 3.05) is 6.61 Å². The first-order valence-corrected chi connectivity index (χ1v) is 3.84. The molecule has 0 amide bonds. The zero-order chi connectivity index (χ0) is 7.66. The molecule has 0 aromatic rings. The SMILES string of the molecule is CC/C=C/C=C/CCCO. The molecule has 0 spiro atoms. The maximum absolute atomic E-state index is 8.42. The molecule has 0 unspecified atom stereocenters. The van der Waals surface area contributed by atoms with Gasteiger partial charge in [0.15, 0.2) is 0 Å². The van der Waals surface area contributed by atoms with Gasteiger partial charge in [0.2, 0.25) is 0 Å². The van der Waals surface area contributed by atoms with E-state index in [0.29, 0.717) is 6.61 Å². The summed E-state index contributed by atoms with van der Waals surface area (Å²) in [5, 5.41) is 8.42. The van der Waals surface area contributed by atoms with Crippen LogP contribution in [0.1, 0.15) is 26.2 Å². The predicted octanol–water partition coefficient (Wildman–Crippen LogP) is 2.28. The molecule has 0 saturated carbocycles. The quantitative estimate of drug-likeness (QED) is 0.459. The van der Waals surface area contributed by atoms with Crippen LogP contribution in [0.4, 0.5) is 0 Å². The number of allylic oxidation sites excluding steroid dienone is 4. The fraction of sp³-hybridized carbons (Fsp3) is 0.556. The predicted molar refractivity (Wildman–Crippen MR) is 44.9 cm³/mol. The standard InChI is InChI=1S/C9H16O/c1-2-3-4-5-6-7-8-9-10/h3-6,10H,2,7-9H2,1H3/b4-3+,6-5+. The van der Waals surface area contributed by atoms with Crippen molar-refractivity contribution in [3.05, 3.63) is 24.3 Å². The Bertz CT molecular complexity index is 103. The van der Waals surface area contributed by atoms with Gasteiger partial charge in [0.05, 0.1) is 0 Å². The highest BCUT2D eigenvalue weighted by Gasteiger charge is 1.75. The minimum absolute atomic E-state index is 0.293. The summed E-state index contributed by atoms with van der Waals surface area (Å²) in [5.41, 5.74) is 0. The Morgan fingerprint density at radius 1 is 1.20 bits per heavy atom. The Hall–Kier alpha value is -0.560. The lowest BCUT2D eigenvalue weighted by atomic mass is 10.3. The fourth-order valence-electron chi connectivity index (χ4n) is 0.599. The fourth-order valence-corrected chi connectivity index (χ4v) is 0.599. The Morgan fingerprint density at radius 2 is 1.90 bits per heavy atom. The van der Waals surface area contributed by atoms with E-state index in [1.165, 1.54) is 0 Å². The second-order valence-electron chi connectivity index (χ2n) is 2.13. The number of hydrogen-bond donors (Lipinski definition) is 1. The van der Waals surface area contributed by atoms with Crippen LogP contribution in [0.25, 0.3) is 0 Å². The van der Waals surface area contributed by atoms with Gasteiger partial charge in [-0.1, -0.05) is 31.2 Å². The summed E-state index contributed by atoms with van der Waals surface area (Å²) in [5.74, 6) is 0. The topological polar surface area (TPSA) is 20.2 Å². The Labute approximate surface area is 63.1 Å². The monoisotopic (exact) mass is 140 g/mol. The van der Waals surface area contributed by atoms with Crippen molar-refractivity contribution in [3.63, 3.8) is 0 Å². The van der Waals surface area contributed by atoms with E-state index in [9.17, 15) is 0 Å². The first-order chi connectivity index (χ1) is 4.91. The summed E-state index contributed by atoms with van der Waals surface area (Å²) in [6.07, 6.45) is 11.2. The zero-order valence-electron chi connectivity index (χ0n) is 6.59. The van der Waals surface area contributed by atoms with Gasteiger partial charge in [-0.3, -0.25) is 0 Å². The first-order valence-electron chi connectivity index (χ1n) is 3.84. The second-order valence-corrected chi connectivity index (χ2v) is 2.13. The van der Waals surface area contributed by atoms with E-state index in [-0.39, 0.29) is 0 Å². The van der Waals surface area contributed by atoms with E-state index in [0.717, 1.165) is 19.3 Å². The molecule has 1 heteroatoms. The lowest BCUT2D eigenvalue weighted by Crippen LogP contribution is -1.77. The van der Waals surface area contributed by atoms with Crippen molar-refractivity contribution < 1.29 is 5.11 Å². The van der Waals surface area contributed by atoms with Gasteiger partial charge in [0.25, 0.3) is 0 Å². The third kappa shape index (κ3) is 7.44. The van der Waals surface area contributed by atoms with Gasteiger partial charge in [0.1, 0.15) is 0 Å². The first kappa shape index (κ1) is 9.44. The van der Waals surface area contributed by atoms with Crippen molar-refractivity contribution in [3.8, 4) is 0 Å². The van der Waals surface area contributed by atoms with E-state index >= 15 is 0 Å². The molecule has 0 aromatic heterocycles. The summed E-state index contributed by atoms with van der Waals surface area (Å²) in [7, 11) is 0. The van der Waals surface area contributed by atoms with Gasteiger partial charge in [-0.15, -0.1) is 0 Å². The second kappa shape index (κ2) is 8.44. The van der Waals surface area contributed by atoms with Gasteiger partial charge < -0.3 is 5.11 Å². The zero-order valence-corrected chi connectivity index (χ0v) is 6.59. The molecule has 0 bridgehead atoms. The lowest BCUT2D eigenvalue weighted by Gasteiger charge is -1.84. The average molecular weight is 140 g/mol. The summed E-state index contributed by atoms with van der Waals surface area (Å²) >= 11 is 0. The molecule has 0 radical (unpaired) electrons. The minimum Gasteiger partial charge on any atom is -0.396 e. The molecule has 0 rings (SSSR count). The molecule has 0 heterocycles. The highest BCUT2D eigenvalue weighted by atomic mass is 16.2. The highest BCUT2D eigenvalue weighted by molar-refractivity contribution is 5.01. The largest absolute Gasteiger partial charge is 0.396 e. The number of aliphatic hydroxyl groups excluding tert-OH is 1. The van der Waals surface area contributed by atoms with Crippen molar-refractivity contribution in [2.24, 2.45) is 0 Å². The smallest absolute Gasteiger partial charge is 0.0433 e. The average Bonchev–Trinajstić information content (AvgIpc) is 1.97. The molecule has 0 fully saturated rings. The van der Waals surface area contributed by atoms with Crippen LogP contribution in [0.5, 0.6) is 0 Å². The maximum atomic E-state index is 8.42. The number of unbranched alkanes of at least 4 members (excludes halogenated alkanes) is 1. The number of rotatable bonds is 5. The van der Waals surface area contributed by atoms with E-state index in [4.69, 9.17) is 5.11 Å². The molecule has 0 aliphatic heterocycles.